The number of hydrogen-bond acceptors (Lipinski definition) is 3. The summed E-state index contributed by atoms with van der Waals surface area (Å²) in [7, 11) is 3.35. The lowest BCUT2D eigenvalue weighted by molar-refractivity contribution is -0.138. The van der Waals surface area contributed by atoms with Crippen molar-refractivity contribution in [2.45, 2.75) is 26.1 Å². The highest BCUT2D eigenvalue weighted by Crippen LogP contribution is 2.36. The van der Waals surface area contributed by atoms with Crippen LogP contribution in [0.1, 0.15) is 32.6 Å². The van der Waals surface area contributed by atoms with Crippen molar-refractivity contribution in [3.8, 4) is 5.75 Å². The average Bonchev–Trinajstić information content (AvgIpc) is 2.60. The summed E-state index contributed by atoms with van der Waals surface area (Å²) in [6.07, 6.45) is -3.77. The Morgan fingerprint density at radius 3 is 2.67 bits per heavy atom. The van der Waals surface area contributed by atoms with Crippen LogP contribution in [0.3, 0.4) is 0 Å². The van der Waals surface area contributed by atoms with Gasteiger partial charge in [-0.2, -0.15) is 13.2 Å². The normalized spacial score (nSPS) is 14.6. The molecule has 27 heavy (non-hydrogen) atoms. The van der Waals surface area contributed by atoms with Gasteiger partial charge in [-0.05, 0) is 55.3 Å². The molecule has 1 heterocycles. The Hall–Kier alpha value is -2.54. The van der Waals surface area contributed by atoms with Gasteiger partial charge in [-0.15, -0.1) is 0 Å². The van der Waals surface area contributed by atoms with Crippen LogP contribution in [0.5, 0.6) is 5.75 Å². The summed E-state index contributed by atoms with van der Waals surface area (Å²) in [4.78, 5) is 14.9. The van der Waals surface area contributed by atoms with Crippen LogP contribution >= 0.6 is 0 Å². The van der Waals surface area contributed by atoms with E-state index in [1.807, 2.05) is 19.2 Å². The summed E-state index contributed by atoms with van der Waals surface area (Å²) in [6, 6.07) is 7.70. The Bertz CT molecular complexity index is 878. The zero-order valence-corrected chi connectivity index (χ0v) is 15.4. The predicted octanol–water partition coefficient (Wildman–Crippen LogP) is 4.26. The van der Waals surface area contributed by atoms with Gasteiger partial charge in [-0.3, -0.25) is 4.79 Å². The van der Waals surface area contributed by atoms with E-state index in [0.717, 1.165) is 36.7 Å². The van der Waals surface area contributed by atoms with Gasteiger partial charge in [-0.1, -0.05) is 12.1 Å². The number of anilines is 1. The molecule has 0 aliphatic carbocycles. The number of methoxy groups -OCH3 is 1. The molecule has 0 bridgehead atoms. The van der Waals surface area contributed by atoms with Gasteiger partial charge >= 0.3 is 6.18 Å². The highest BCUT2D eigenvalue weighted by molar-refractivity contribution is 6.07. The molecular formula is C20H21F3N2O2. The van der Waals surface area contributed by atoms with E-state index in [-0.39, 0.29) is 16.9 Å². The van der Waals surface area contributed by atoms with Crippen LogP contribution in [-0.4, -0.2) is 31.5 Å². The summed E-state index contributed by atoms with van der Waals surface area (Å²) in [5.74, 6) is -0.507. The van der Waals surface area contributed by atoms with Crippen LogP contribution in [0.25, 0.3) is 0 Å². The first-order valence-corrected chi connectivity index (χ1v) is 8.57. The number of alkyl halides is 3. The number of nitrogens with one attached hydrogen (secondary N) is 1. The molecule has 0 unspecified atom stereocenters. The third-order valence-electron chi connectivity index (χ3n) is 4.80. The van der Waals surface area contributed by atoms with E-state index in [2.05, 4.69) is 10.2 Å². The van der Waals surface area contributed by atoms with Crippen molar-refractivity contribution in [1.29, 1.82) is 0 Å². The van der Waals surface area contributed by atoms with Gasteiger partial charge in [0.25, 0.3) is 5.91 Å². The van der Waals surface area contributed by atoms with E-state index < -0.39 is 17.6 Å². The number of amides is 1. The summed E-state index contributed by atoms with van der Waals surface area (Å²) in [5, 5.41) is 2.77. The molecule has 0 fully saturated rings. The monoisotopic (exact) mass is 378 g/mol. The highest BCUT2D eigenvalue weighted by Gasteiger charge is 2.34. The summed E-state index contributed by atoms with van der Waals surface area (Å²) >= 11 is 0. The zero-order chi connectivity index (χ0) is 19.8. The van der Waals surface area contributed by atoms with Crippen LogP contribution in [0, 0.1) is 6.92 Å². The molecule has 1 aliphatic rings. The van der Waals surface area contributed by atoms with Crippen molar-refractivity contribution in [3.63, 3.8) is 0 Å². The first-order valence-electron chi connectivity index (χ1n) is 8.57. The third-order valence-corrected chi connectivity index (χ3v) is 4.80. The fourth-order valence-corrected chi connectivity index (χ4v) is 3.39. The minimum Gasteiger partial charge on any atom is -0.496 e. The summed E-state index contributed by atoms with van der Waals surface area (Å²) in [5.41, 5.74) is 1.78. The number of ether oxygens (including phenoxy) is 1. The molecule has 1 aliphatic heterocycles. The molecule has 1 N–H and O–H groups in total. The molecule has 144 valence electrons. The fourth-order valence-electron chi connectivity index (χ4n) is 3.39. The number of rotatable bonds is 3. The minimum atomic E-state index is -4.54. The fraction of sp³-hybridized carbons (Fsp3) is 0.350. The van der Waals surface area contributed by atoms with Crippen molar-refractivity contribution in [2.24, 2.45) is 0 Å². The molecule has 2 aromatic rings. The van der Waals surface area contributed by atoms with Gasteiger partial charge in [0, 0.05) is 18.8 Å². The highest BCUT2D eigenvalue weighted by atomic mass is 19.4. The van der Waals surface area contributed by atoms with Crippen molar-refractivity contribution in [3.05, 3.63) is 58.1 Å². The molecule has 4 nitrogen and oxygen atoms in total. The molecule has 0 radical (unpaired) electrons. The number of carbonyl (C=O) groups is 1. The number of hydrogen-bond donors (Lipinski definition) is 1. The quantitative estimate of drug-likeness (QED) is 0.868. The number of fused-ring (bicyclic) bond motifs is 1. The molecule has 0 saturated heterocycles. The average molecular weight is 378 g/mol. The Morgan fingerprint density at radius 2 is 2.00 bits per heavy atom. The number of halogens is 3. The van der Waals surface area contributed by atoms with Crippen LogP contribution in [0.4, 0.5) is 18.9 Å². The van der Waals surface area contributed by atoms with Gasteiger partial charge < -0.3 is 15.0 Å². The number of likely N-dealkylation sites (N-methyl/N-ethyl adjacent to an activating group) is 1. The van der Waals surface area contributed by atoms with Crippen molar-refractivity contribution < 1.29 is 22.7 Å². The maximum absolute atomic E-state index is 13.2. The van der Waals surface area contributed by atoms with E-state index in [9.17, 15) is 18.0 Å². The molecule has 3 rings (SSSR count). The Labute approximate surface area is 155 Å². The second kappa shape index (κ2) is 7.23. The van der Waals surface area contributed by atoms with E-state index in [1.165, 1.54) is 20.1 Å². The second-order valence-corrected chi connectivity index (χ2v) is 6.75. The smallest absolute Gasteiger partial charge is 0.416 e. The maximum Gasteiger partial charge on any atom is 0.416 e. The van der Waals surface area contributed by atoms with Crippen LogP contribution in [-0.2, 0) is 19.1 Å². The maximum atomic E-state index is 13.2. The van der Waals surface area contributed by atoms with Gasteiger partial charge in [0.05, 0.1) is 18.2 Å². The number of aryl methyl sites for hydroxylation is 1. The number of nitrogens with zero attached hydrogens (tertiary/aromatic N) is 1. The second-order valence-electron chi connectivity index (χ2n) is 6.75. The molecule has 0 spiro atoms. The number of carbonyl (C=O) groups excluding carboxylic acids is 1. The molecule has 7 heteroatoms. The van der Waals surface area contributed by atoms with E-state index in [0.29, 0.717) is 5.69 Å². The van der Waals surface area contributed by atoms with Crippen molar-refractivity contribution in [2.75, 3.05) is 26.0 Å². The lowest BCUT2D eigenvalue weighted by Crippen LogP contribution is -2.27. The molecular weight excluding hydrogens is 357 g/mol. The molecule has 0 aromatic heterocycles. The van der Waals surface area contributed by atoms with Gasteiger partial charge in [-0.25, -0.2) is 0 Å². The van der Waals surface area contributed by atoms with Crippen molar-refractivity contribution in [1.82, 2.24) is 4.90 Å². The van der Waals surface area contributed by atoms with E-state index in [4.69, 9.17) is 4.74 Å². The number of benzene rings is 2. The van der Waals surface area contributed by atoms with Crippen LogP contribution in [0.15, 0.2) is 30.3 Å². The predicted molar refractivity (Wildman–Crippen MR) is 97.2 cm³/mol. The van der Waals surface area contributed by atoms with Gasteiger partial charge in [0.1, 0.15) is 5.75 Å². The van der Waals surface area contributed by atoms with Gasteiger partial charge in [0.2, 0.25) is 0 Å². The lowest BCUT2D eigenvalue weighted by atomic mass is 9.97. The zero-order valence-electron chi connectivity index (χ0n) is 15.4. The Kier molecular flexibility index (Phi) is 5.15. The molecule has 1 amide bonds. The first kappa shape index (κ1) is 19.2. The standard InChI is InChI=1S/C20H21F3N2O2/c1-12-9-18(27-3)15(10-16(12)20(21,22)23)19(26)24-17-6-4-5-13-11-25(2)8-7-14(13)17/h4-6,9-10H,7-8,11H2,1-3H3,(H,24,26). The van der Waals surface area contributed by atoms with Crippen LogP contribution < -0.4 is 10.1 Å². The summed E-state index contributed by atoms with van der Waals surface area (Å²) in [6.45, 7) is 2.97. The first-order chi connectivity index (χ1) is 12.7. The van der Waals surface area contributed by atoms with Crippen molar-refractivity contribution >= 4 is 11.6 Å². The Balaban J connectivity index is 1.97. The van der Waals surface area contributed by atoms with Crippen LogP contribution in [0.2, 0.25) is 0 Å². The van der Waals surface area contributed by atoms with E-state index in [1.54, 1.807) is 6.07 Å². The molecule has 0 saturated carbocycles. The van der Waals surface area contributed by atoms with Gasteiger partial charge in [0.15, 0.2) is 0 Å². The lowest BCUT2D eigenvalue weighted by Gasteiger charge is -2.27. The minimum absolute atomic E-state index is 0.0102. The summed E-state index contributed by atoms with van der Waals surface area (Å²) < 4.78 is 44.9. The third kappa shape index (κ3) is 3.93. The molecule has 0 atom stereocenters. The topological polar surface area (TPSA) is 41.6 Å². The largest absolute Gasteiger partial charge is 0.496 e. The van der Waals surface area contributed by atoms with E-state index >= 15 is 0 Å². The SMILES string of the molecule is COc1cc(C)c(C(F)(F)F)cc1C(=O)Nc1cccc2c1CCN(C)C2. The molecule has 2 aromatic carbocycles. The Morgan fingerprint density at radius 1 is 1.26 bits per heavy atom.